The predicted octanol–water partition coefficient (Wildman–Crippen LogP) is 4.64. The Hall–Kier alpha value is -3.32. The first-order valence-corrected chi connectivity index (χ1v) is 12.2. The van der Waals surface area contributed by atoms with Gasteiger partial charge in [-0.1, -0.05) is 26.0 Å². The van der Waals surface area contributed by atoms with Gasteiger partial charge in [-0.3, -0.25) is 9.59 Å². The van der Waals surface area contributed by atoms with Crippen molar-refractivity contribution in [3.05, 3.63) is 65.2 Å². The van der Waals surface area contributed by atoms with Crippen LogP contribution in [0.4, 0.5) is 0 Å². The van der Waals surface area contributed by atoms with Crippen molar-refractivity contribution in [3.8, 4) is 11.5 Å². The highest BCUT2D eigenvalue weighted by molar-refractivity contribution is 6.46. The molecule has 1 aliphatic heterocycles. The lowest BCUT2D eigenvalue weighted by atomic mass is 9.95. The van der Waals surface area contributed by atoms with Gasteiger partial charge in [-0.15, -0.1) is 0 Å². The largest absolute Gasteiger partial charge is 0.507 e. The molecule has 35 heavy (non-hydrogen) atoms. The summed E-state index contributed by atoms with van der Waals surface area (Å²) in [6.45, 7) is 11.2. The molecule has 1 heterocycles. The molecule has 0 aliphatic carbocycles. The Bertz CT molecular complexity index is 1040. The Morgan fingerprint density at radius 2 is 1.60 bits per heavy atom. The van der Waals surface area contributed by atoms with Gasteiger partial charge in [0.2, 0.25) is 0 Å². The average molecular weight is 481 g/mol. The van der Waals surface area contributed by atoms with E-state index in [9.17, 15) is 14.7 Å². The predicted molar refractivity (Wildman–Crippen MR) is 137 cm³/mol. The van der Waals surface area contributed by atoms with Gasteiger partial charge in [0.15, 0.2) is 0 Å². The molecule has 0 bridgehead atoms. The number of ketones is 1. The summed E-state index contributed by atoms with van der Waals surface area (Å²) in [4.78, 5) is 30.2. The van der Waals surface area contributed by atoms with E-state index in [4.69, 9.17) is 9.47 Å². The molecule has 2 aromatic carbocycles. The summed E-state index contributed by atoms with van der Waals surface area (Å²) < 4.78 is 11.0. The van der Waals surface area contributed by atoms with Gasteiger partial charge in [0.25, 0.3) is 11.7 Å². The standard InChI is InChI=1S/C28H36N2O5/c1-6-29(7-2)17-8-18-30-25(20-9-15-23(16-10-20)35-19(3)4)24(27(32)28(30)33)26(31)21-11-13-22(34-5)14-12-21/h9-16,19,25,31H,6-8,17-18H2,1-5H3/b26-24+/t25-/m1/s1. The van der Waals surface area contributed by atoms with Crippen molar-refractivity contribution in [1.29, 1.82) is 0 Å². The van der Waals surface area contributed by atoms with E-state index >= 15 is 0 Å². The normalized spacial score (nSPS) is 17.5. The van der Waals surface area contributed by atoms with Crippen LogP contribution in [0.25, 0.3) is 5.76 Å². The third-order valence-corrected chi connectivity index (χ3v) is 6.24. The topological polar surface area (TPSA) is 79.3 Å². The summed E-state index contributed by atoms with van der Waals surface area (Å²) >= 11 is 0. The van der Waals surface area contributed by atoms with Crippen LogP contribution in [0.15, 0.2) is 54.1 Å². The summed E-state index contributed by atoms with van der Waals surface area (Å²) in [5.41, 5.74) is 1.30. The molecule has 7 nitrogen and oxygen atoms in total. The fraction of sp³-hybridized carbons (Fsp3) is 0.429. The average Bonchev–Trinajstić information content (AvgIpc) is 3.11. The Balaban J connectivity index is 2.01. The lowest BCUT2D eigenvalue weighted by Gasteiger charge is -2.27. The SMILES string of the molecule is CCN(CC)CCCN1C(=O)C(=O)/C(=C(/O)c2ccc(OC)cc2)[C@H]1c1ccc(OC(C)C)cc1. The van der Waals surface area contributed by atoms with E-state index < -0.39 is 17.7 Å². The van der Waals surface area contributed by atoms with Crippen molar-refractivity contribution in [2.45, 2.75) is 46.3 Å². The molecule has 0 aromatic heterocycles. The molecule has 1 fully saturated rings. The van der Waals surface area contributed by atoms with Gasteiger partial charge in [-0.2, -0.15) is 0 Å². The molecule has 1 aliphatic rings. The fourth-order valence-electron chi connectivity index (χ4n) is 4.37. The second kappa shape index (κ2) is 11.9. The number of Topliss-reactive ketones (excluding diaryl/α,β-unsaturated/α-hetero) is 1. The van der Waals surface area contributed by atoms with Crippen molar-refractivity contribution < 1.29 is 24.2 Å². The minimum Gasteiger partial charge on any atom is -0.507 e. The number of carbonyl (C=O) groups excluding carboxylic acids is 2. The van der Waals surface area contributed by atoms with E-state index in [1.165, 1.54) is 0 Å². The number of ether oxygens (including phenoxy) is 2. The number of carbonyl (C=O) groups is 2. The van der Waals surface area contributed by atoms with Gasteiger partial charge in [-0.25, -0.2) is 0 Å². The summed E-state index contributed by atoms with van der Waals surface area (Å²) in [7, 11) is 1.56. The quantitative estimate of drug-likeness (QED) is 0.287. The Labute approximate surface area is 207 Å². The molecule has 1 amide bonds. The molecule has 7 heteroatoms. The number of aliphatic hydroxyl groups is 1. The van der Waals surface area contributed by atoms with Crippen molar-refractivity contribution >= 4 is 17.4 Å². The van der Waals surface area contributed by atoms with E-state index in [0.29, 0.717) is 23.6 Å². The lowest BCUT2D eigenvalue weighted by Crippen LogP contribution is -2.33. The maximum atomic E-state index is 13.2. The van der Waals surface area contributed by atoms with Gasteiger partial charge < -0.3 is 24.4 Å². The minimum absolute atomic E-state index is 0.0293. The summed E-state index contributed by atoms with van der Waals surface area (Å²) in [5, 5.41) is 11.2. The zero-order valence-electron chi connectivity index (χ0n) is 21.3. The molecule has 2 aromatic rings. The zero-order chi connectivity index (χ0) is 25.5. The first kappa shape index (κ1) is 26.3. The van der Waals surface area contributed by atoms with E-state index in [1.54, 1.807) is 36.3 Å². The lowest BCUT2D eigenvalue weighted by molar-refractivity contribution is -0.140. The summed E-state index contributed by atoms with van der Waals surface area (Å²) in [6, 6.07) is 13.5. The van der Waals surface area contributed by atoms with Crippen molar-refractivity contribution in [2.24, 2.45) is 0 Å². The second-order valence-corrected chi connectivity index (χ2v) is 8.84. The maximum absolute atomic E-state index is 13.2. The number of hydrogen-bond acceptors (Lipinski definition) is 6. The third-order valence-electron chi connectivity index (χ3n) is 6.24. The van der Waals surface area contributed by atoms with Crippen LogP contribution >= 0.6 is 0 Å². The molecule has 0 saturated carbocycles. The number of likely N-dealkylation sites (tertiary alicyclic amines) is 1. The van der Waals surface area contributed by atoms with Crippen LogP contribution in [0.1, 0.15) is 51.3 Å². The highest BCUT2D eigenvalue weighted by Gasteiger charge is 2.45. The zero-order valence-corrected chi connectivity index (χ0v) is 21.3. The van der Waals surface area contributed by atoms with E-state index in [2.05, 4.69) is 18.7 Å². The third kappa shape index (κ3) is 6.03. The van der Waals surface area contributed by atoms with E-state index in [-0.39, 0.29) is 17.4 Å². The number of methoxy groups -OCH3 is 1. The Morgan fingerprint density at radius 3 is 2.14 bits per heavy atom. The number of amides is 1. The molecule has 0 spiro atoms. The van der Waals surface area contributed by atoms with Crippen LogP contribution in [-0.4, -0.2) is 66.0 Å². The molecular formula is C28H36N2O5. The monoisotopic (exact) mass is 480 g/mol. The molecule has 3 rings (SSSR count). The highest BCUT2D eigenvalue weighted by Crippen LogP contribution is 2.40. The molecule has 1 N–H and O–H groups in total. The Morgan fingerprint density at radius 1 is 1.00 bits per heavy atom. The van der Waals surface area contributed by atoms with Gasteiger partial charge in [-0.05, 0) is 81.9 Å². The molecule has 188 valence electrons. The van der Waals surface area contributed by atoms with Crippen LogP contribution in [0.5, 0.6) is 11.5 Å². The maximum Gasteiger partial charge on any atom is 0.295 e. The number of aliphatic hydroxyl groups excluding tert-OH is 1. The first-order valence-electron chi connectivity index (χ1n) is 12.2. The van der Waals surface area contributed by atoms with E-state index in [1.807, 2.05) is 38.1 Å². The van der Waals surface area contributed by atoms with Crippen molar-refractivity contribution in [2.75, 3.05) is 33.3 Å². The van der Waals surface area contributed by atoms with E-state index in [0.717, 1.165) is 31.6 Å². The second-order valence-electron chi connectivity index (χ2n) is 8.84. The van der Waals surface area contributed by atoms with Crippen LogP contribution in [-0.2, 0) is 9.59 Å². The number of rotatable bonds is 11. The molecular weight excluding hydrogens is 444 g/mol. The molecule has 0 unspecified atom stereocenters. The van der Waals surface area contributed by atoms with Gasteiger partial charge in [0.05, 0.1) is 24.8 Å². The van der Waals surface area contributed by atoms with Crippen LogP contribution in [0.3, 0.4) is 0 Å². The number of nitrogens with zero attached hydrogens (tertiary/aromatic N) is 2. The highest BCUT2D eigenvalue weighted by atomic mass is 16.5. The van der Waals surface area contributed by atoms with Crippen LogP contribution < -0.4 is 9.47 Å². The smallest absolute Gasteiger partial charge is 0.295 e. The van der Waals surface area contributed by atoms with Crippen LogP contribution in [0, 0.1) is 0 Å². The first-order chi connectivity index (χ1) is 16.8. The number of benzene rings is 2. The van der Waals surface area contributed by atoms with Crippen molar-refractivity contribution in [1.82, 2.24) is 9.80 Å². The van der Waals surface area contributed by atoms with Crippen molar-refractivity contribution in [3.63, 3.8) is 0 Å². The van der Waals surface area contributed by atoms with Gasteiger partial charge in [0, 0.05) is 12.1 Å². The van der Waals surface area contributed by atoms with Crippen LogP contribution in [0.2, 0.25) is 0 Å². The molecule has 1 atom stereocenters. The summed E-state index contributed by atoms with van der Waals surface area (Å²) in [5.74, 6) is -0.112. The molecule has 1 saturated heterocycles. The summed E-state index contributed by atoms with van der Waals surface area (Å²) in [6.07, 6.45) is 0.754. The Kier molecular flexibility index (Phi) is 8.93. The fourth-order valence-corrected chi connectivity index (χ4v) is 4.37. The molecule has 0 radical (unpaired) electrons. The number of hydrogen-bond donors (Lipinski definition) is 1. The van der Waals surface area contributed by atoms with Gasteiger partial charge in [0.1, 0.15) is 17.3 Å². The van der Waals surface area contributed by atoms with Gasteiger partial charge >= 0.3 is 0 Å². The minimum atomic E-state index is -0.679.